The van der Waals surface area contributed by atoms with Crippen LogP contribution in [0.3, 0.4) is 0 Å². The summed E-state index contributed by atoms with van der Waals surface area (Å²) in [6, 6.07) is 9.26. The lowest BCUT2D eigenvalue weighted by Crippen LogP contribution is -2.03. The average Bonchev–Trinajstić information content (AvgIpc) is 2.90. The molecule has 0 saturated heterocycles. The number of pyridine rings is 1. The molecule has 2 aromatic heterocycles. The van der Waals surface area contributed by atoms with Crippen LogP contribution in [0.5, 0.6) is 5.75 Å². The number of fused-ring (bicyclic) bond motifs is 1. The molecule has 3 rings (SSSR count). The molecule has 0 aliphatic heterocycles. The highest BCUT2D eigenvalue weighted by Gasteiger charge is 2.09. The molecule has 0 bridgehead atoms. The number of nitrogens with zero attached hydrogens (tertiary/aromatic N) is 3. The van der Waals surface area contributed by atoms with E-state index in [2.05, 4.69) is 10.1 Å². The van der Waals surface area contributed by atoms with E-state index < -0.39 is 5.97 Å². The minimum Gasteiger partial charge on any atom is -0.497 e. The maximum Gasteiger partial charge on any atom is 0.337 e. The molecule has 1 aromatic carbocycles. The van der Waals surface area contributed by atoms with Gasteiger partial charge in [-0.2, -0.15) is 5.10 Å². The van der Waals surface area contributed by atoms with Gasteiger partial charge in [-0.25, -0.2) is 14.5 Å². The van der Waals surface area contributed by atoms with Crippen LogP contribution in [0.4, 0.5) is 0 Å². The van der Waals surface area contributed by atoms with Gasteiger partial charge in [0.2, 0.25) is 0 Å². The van der Waals surface area contributed by atoms with Crippen molar-refractivity contribution in [3.63, 3.8) is 0 Å². The summed E-state index contributed by atoms with van der Waals surface area (Å²) in [5.74, 6) is -0.194. The number of ether oxygens (including phenoxy) is 1. The van der Waals surface area contributed by atoms with Crippen molar-refractivity contribution in [2.75, 3.05) is 7.11 Å². The molecule has 6 nitrogen and oxygen atoms in total. The predicted octanol–water partition coefficient (Wildman–Crippen LogP) is 2.19. The zero-order valence-electron chi connectivity index (χ0n) is 11.4. The molecule has 0 atom stereocenters. The number of aromatic carboxylic acids is 1. The van der Waals surface area contributed by atoms with Crippen LogP contribution in [0, 0.1) is 0 Å². The van der Waals surface area contributed by atoms with Crippen LogP contribution in [0.25, 0.3) is 11.0 Å². The van der Waals surface area contributed by atoms with E-state index in [0.717, 1.165) is 11.3 Å². The first-order valence-corrected chi connectivity index (χ1v) is 6.35. The van der Waals surface area contributed by atoms with Gasteiger partial charge in [0.15, 0.2) is 5.65 Å². The van der Waals surface area contributed by atoms with Crippen LogP contribution >= 0.6 is 0 Å². The number of hydrogen-bond donors (Lipinski definition) is 1. The average molecular weight is 283 g/mol. The highest BCUT2D eigenvalue weighted by molar-refractivity contribution is 5.91. The lowest BCUT2D eigenvalue weighted by molar-refractivity contribution is 0.0696. The van der Waals surface area contributed by atoms with E-state index in [4.69, 9.17) is 9.84 Å². The summed E-state index contributed by atoms with van der Waals surface area (Å²) in [7, 11) is 1.62. The molecule has 0 aliphatic carbocycles. The number of benzene rings is 1. The molecule has 3 aromatic rings. The Morgan fingerprint density at radius 1 is 1.29 bits per heavy atom. The van der Waals surface area contributed by atoms with Crippen LogP contribution in [0.1, 0.15) is 15.9 Å². The van der Waals surface area contributed by atoms with Gasteiger partial charge in [-0.15, -0.1) is 0 Å². The van der Waals surface area contributed by atoms with E-state index in [1.807, 2.05) is 24.3 Å². The summed E-state index contributed by atoms with van der Waals surface area (Å²) in [4.78, 5) is 15.1. The Kier molecular flexibility index (Phi) is 3.27. The third-order valence-electron chi connectivity index (χ3n) is 3.21. The fourth-order valence-electron chi connectivity index (χ4n) is 2.11. The van der Waals surface area contributed by atoms with Gasteiger partial charge in [0.1, 0.15) is 5.75 Å². The Hall–Kier alpha value is -2.89. The first-order valence-electron chi connectivity index (χ1n) is 6.35. The van der Waals surface area contributed by atoms with E-state index >= 15 is 0 Å². The lowest BCUT2D eigenvalue weighted by atomic mass is 10.2. The van der Waals surface area contributed by atoms with Crippen molar-refractivity contribution in [1.29, 1.82) is 0 Å². The SMILES string of the molecule is COc1ccc(Cn2ncc3cc(C(=O)O)cnc32)cc1. The maximum atomic E-state index is 10.9. The molecule has 0 spiro atoms. The van der Waals surface area contributed by atoms with Gasteiger partial charge in [0, 0.05) is 11.6 Å². The highest BCUT2D eigenvalue weighted by atomic mass is 16.5. The number of carboxylic acid groups (broad SMARTS) is 1. The molecular formula is C15H13N3O3. The molecule has 0 aliphatic rings. The van der Waals surface area contributed by atoms with Gasteiger partial charge in [0.05, 0.1) is 25.4 Å². The smallest absolute Gasteiger partial charge is 0.337 e. The molecule has 0 fully saturated rings. The highest BCUT2D eigenvalue weighted by Crippen LogP contribution is 2.16. The molecule has 0 saturated carbocycles. The largest absolute Gasteiger partial charge is 0.497 e. The molecular weight excluding hydrogens is 270 g/mol. The number of carbonyl (C=O) groups is 1. The van der Waals surface area contributed by atoms with Crippen LogP contribution in [0.2, 0.25) is 0 Å². The van der Waals surface area contributed by atoms with Crippen LogP contribution in [-0.4, -0.2) is 33.0 Å². The lowest BCUT2D eigenvalue weighted by Gasteiger charge is -2.05. The summed E-state index contributed by atoms with van der Waals surface area (Å²) >= 11 is 0. The van der Waals surface area contributed by atoms with Gasteiger partial charge < -0.3 is 9.84 Å². The van der Waals surface area contributed by atoms with E-state index in [9.17, 15) is 4.79 Å². The van der Waals surface area contributed by atoms with Crippen LogP contribution in [-0.2, 0) is 6.54 Å². The monoisotopic (exact) mass is 283 g/mol. The van der Waals surface area contributed by atoms with Crippen molar-refractivity contribution in [2.45, 2.75) is 6.54 Å². The third-order valence-corrected chi connectivity index (χ3v) is 3.21. The number of rotatable bonds is 4. The van der Waals surface area contributed by atoms with Gasteiger partial charge in [0.25, 0.3) is 0 Å². The second kappa shape index (κ2) is 5.24. The Bertz CT molecular complexity index is 794. The molecule has 0 amide bonds. The predicted molar refractivity (Wildman–Crippen MR) is 76.6 cm³/mol. The van der Waals surface area contributed by atoms with Crippen LogP contribution < -0.4 is 4.74 Å². The summed E-state index contributed by atoms with van der Waals surface area (Å²) in [5.41, 5.74) is 1.88. The van der Waals surface area contributed by atoms with Crippen molar-refractivity contribution in [3.8, 4) is 5.75 Å². The fraction of sp³-hybridized carbons (Fsp3) is 0.133. The summed E-state index contributed by atoms with van der Waals surface area (Å²) in [5, 5.41) is 13.9. The second-order valence-electron chi connectivity index (χ2n) is 4.59. The standard InChI is InChI=1S/C15H13N3O3/c1-21-13-4-2-10(3-5-13)9-18-14-11(8-17-18)6-12(7-16-14)15(19)20/h2-8H,9H2,1H3,(H,19,20). The van der Waals surface area contributed by atoms with Crippen molar-refractivity contribution < 1.29 is 14.6 Å². The minimum atomic E-state index is -0.993. The number of methoxy groups -OCH3 is 1. The van der Waals surface area contributed by atoms with Crippen molar-refractivity contribution >= 4 is 17.0 Å². The van der Waals surface area contributed by atoms with E-state index in [-0.39, 0.29) is 5.56 Å². The molecule has 1 N–H and O–H groups in total. The Morgan fingerprint density at radius 3 is 2.71 bits per heavy atom. The number of aromatic nitrogens is 3. The minimum absolute atomic E-state index is 0.159. The molecule has 21 heavy (non-hydrogen) atoms. The Labute approximate surface area is 120 Å². The normalized spacial score (nSPS) is 10.7. The quantitative estimate of drug-likeness (QED) is 0.794. The van der Waals surface area contributed by atoms with E-state index in [1.54, 1.807) is 24.1 Å². The Morgan fingerprint density at radius 2 is 2.05 bits per heavy atom. The second-order valence-corrected chi connectivity index (χ2v) is 4.59. The summed E-state index contributed by atoms with van der Waals surface area (Å²) in [6.45, 7) is 0.562. The summed E-state index contributed by atoms with van der Waals surface area (Å²) < 4.78 is 6.86. The van der Waals surface area contributed by atoms with E-state index in [0.29, 0.717) is 17.6 Å². The molecule has 106 valence electrons. The van der Waals surface area contributed by atoms with Crippen molar-refractivity contribution in [1.82, 2.24) is 14.8 Å². The number of carboxylic acids is 1. The van der Waals surface area contributed by atoms with Gasteiger partial charge in [-0.1, -0.05) is 12.1 Å². The fourth-order valence-corrected chi connectivity index (χ4v) is 2.11. The van der Waals surface area contributed by atoms with Gasteiger partial charge in [-0.3, -0.25) is 0 Å². The van der Waals surface area contributed by atoms with Crippen molar-refractivity contribution in [3.05, 3.63) is 53.9 Å². The van der Waals surface area contributed by atoms with E-state index in [1.165, 1.54) is 6.20 Å². The first-order chi connectivity index (χ1) is 10.2. The molecule has 0 radical (unpaired) electrons. The van der Waals surface area contributed by atoms with Crippen molar-refractivity contribution in [2.24, 2.45) is 0 Å². The maximum absolute atomic E-state index is 10.9. The topological polar surface area (TPSA) is 77.2 Å². The third kappa shape index (κ3) is 2.55. The molecule has 2 heterocycles. The zero-order valence-corrected chi connectivity index (χ0v) is 11.4. The van der Waals surface area contributed by atoms with Gasteiger partial charge >= 0.3 is 5.97 Å². The molecule has 6 heteroatoms. The van der Waals surface area contributed by atoms with Crippen LogP contribution in [0.15, 0.2) is 42.7 Å². The summed E-state index contributed by atoms with van der Waals surface area (Å²) in [6.07, 6.45) is 2.97. The molecule has 0 unspecified atom stereocenters. The Balaban J connectivity index is 1.91. The number of hydrogen-bond acceptors (Lipinski definition) is 4. The first kappa shape index (κ1) is 13.1. The zero-order chi connectivity index (χ0) is 14.8. The van der Waals surface area contributed by atoms with Gasteiger partial charge in [-0.05, 0) is 23.8 Å².